The molecule has 0 unspecified atom stereocenters. The van der Waals surface area contributed by atoms with Gasteiger partial charge in [-0.15, -0.1) is 0 Å². The summed E-state index contributed by atoms with van der Waals surface area (Å²) in [5, 5.41) is 3.80. The number of fused-ring (bicyclic) bond motifs is 1. The van der Waals surface area contributed by atoms with Crippen molar-refractivity contribution < 1.29 is 14.0 Å². The predicted molar refractivity (Wildman–Crippen MR) is 98.7 cm³/mol. The van der Waals surface area contributed by atoms with Gasteiger partial charge in [0.1, 0.15) is 0 Å². The number of halogens is 1. The van der Waals surface area contributed by atoms with Crippen LogP contribution in [0.4, 0.5) is 10.5 Å². The molecule has 1 N–H and O–H groups in total. The number of carbonyl (C=O) groups is 2. The number of nitrogens with zero attached hydrogens (tertiary/aromatic N) is 2. The average molecular weight is 374 g/mol. The molecule has 26 heavy (non-hydrogen) atoms. The van der Waals surface area contributed by atoms with E-state index in [2.05, 4.69) is 5.32 Å². The minimum atomic E-state index is -0.0925. The third kappa shape index (κ3) is 3.29. The molecule has 3 amide bonds. The first-order valence-corrected chi connectivity index (χ1v) is 9.19. The van der Waals surface area contributed by atoms with E-state index in [1.165, 1.54) is 6.26 Å². The molecule has 1 aromatic heterocycles. The van der Waals surface area contributed by atoms with E-state index in [0.29, 0.717) is 30.4 Å². The van der Waals surface area contributed by atoms with Crippen LogP contribution in [-0.4, -0.2) is 42.5 Å². The molecule has 1 aromatic carbocycles. The fraction of sp³-hybridized carbons (Fsp3) is 0.368. The van der Waals surface area contributed by atoms with Crippen molar-refractivity contribution in [2.45, 2.75) is 25.3 Å². The van der Waals surface area contributed by atoms with E-state index < -0.39 is 0 Å². The van der Waals surface area contributed by atoms with E-state index in [4.69, 9.17) is 16.0 Å². The second-order valence-electron chi connectivity index (χ2n) is 6.67. The Hall–Kier alpha value is -2.47. The Kier molecular flexibility index (Phi) is 4.59. The van der Waals surface area contributed by atoms with Crippen molar-refractivity contribution in [2.24, 2.45) is 0 Å². The molecule has 0 atom stereocenters. The van der Waals surface area contributed by atoms with E-state index in [0.717, 1.165) is 30.5 Å². The van der Waals surface area contributed by atoms with Crippen LogP contribution in [0.25, 0.3) is 0 Å². The lowest BCUT2D eigenvalue weighted by Crippen LogP contribution is -2.50. The Labute approximate surface area is 156 Å². The first kappa shape index (κ1) is 17.0. The molecule has 4 rings (SSSR count). The first-order chi connectivity index (χ1) is 12.6. The second kappa shape index (κ2) is 7.03. The van der Waals surface area contributed by atoms with Gasteiger partial charge < -0.3 is 14.6 Å². The van der Waals surface area contributed by atoms with Gasteiger partial charge in [0.05, 0.1) is 6.26 Å². The van der Waals surface area contributed by atoms with Crippen LogP contribution in [0, 0.1) is 0 Å². The van der Waals surface area contributed by atoms with Gasteiger partial charge in [0.25, 0.3) is 5.91 Å². The van der Waals surface area contributed by atoms with Crippen LogP contribution < -0.4 is 10.2 Å². The Morgan fingerprint density at radius 1 is 1.15 bits per heavy atom. The minimum Gasteiger partial charge on any atom is -0.459 e. The number of piperidine rings is 1. The summed E-state index contributed by atoms with van der Waals surface area (Å²) < 4.78 is 5.17. The normalized spacial score (nSPS) is 17.3. The smallest absolute Gasteiger partial charge is 0.322 e. The number of hydrogen-bond donors (Lipinski definition) is 1. The molecule has 2 aromatic rings. The van der Waals surface area contributed by atoms with Crippen LogP contribution >= 0.6 is 11.6 Å². The summed E-state index contributed by atoms with van der Waals surface area (Å²) in [6, 6.07) is 9.00. The number of urea groups is 1. The molecule has 0 bridgehead atoms. The molecule has 2 aliphatic heterocycles. The zero-order valence-corrected chi connectivity index (χ0v) is 15.0. The maximum Gasteiger partial charge on any atom is 0.322 e. The molecule has 6 nitrogen and oxygen atoms in total. The van der Waals surface area contributed by atoms with Crippen molar-refractivity contribution >= 4 is 29.2 Å². The van der Waals surface area contributed by atoms with E-state index in [1.807, 2.05) is 18.2 Å². The number of rotatable bonds is 2. The van der Waals surface area contributed by atoms with Crippen LogP contribution in [0.15, 0.2) is 41.0 Å². The highest BCUT2D eigenvalue weighted by atomic mass is 35.5. The summed E-state index contributed by atoms with van der Waals surface area (Å²) >= 11 is 6.02. The summed E-state index contributed by atoms with van der Waals surface area (Å²) in [7, 11) is 0. The molecule has 1 fully saturated rings. The van der Waals surface area contributed by atoms with Gasteiger partial charge in [0.2, 0.25) is 0 Å². The number of likely N-dealkylation sites (tertiary alicyclic amines) is 1. The van der Waals surface area contributed by atoms with Gasteiger partial charge in [-0.3, -0.25) is 9.69 Å². The molecule has 0 aliphatic carbocycles. The summed E-state index contributed by atoms with van der Waals surface area (Å²) in [5.41, 5.74) is 2.03. The number of anilines is 1. The zero-order chi connectivity index (χ0) is 18.1. The Morgan fingerprint density at radius 2 is 1.96 bits per heavy atom. The summed E-state index contributed by atoms with van der Waals surface area (Å²) in [6.45, 7) is 1.88. The molecule has 7 heteroatoms. The fourth-order valence-corrected chi connectivity index (χ4v) is 3.81. The second-order valence-corrected chi connectivity index (χ2v) is 7.10. The molecular formula is C19H20ClN3O3. The molecular weight excluding hydrogens is 354 g/mol. The predicted octanol–water partition coefficient (Wildman–Crippen LogP) is 3.31. The van der Waals surface area contributed by atoms with Crippen molar-refractivity contribution in [1.82, 2.24) is 10.2 Å². The van der Waals surface area contributed by atoms with Crippen LogP contribution in [0.5, 0.6) is 0 Å². The highest BCUT2D eigenvalue weighted by Gasteiger charge is 2.29. The number of hydrogen-bond acceptors (Lipinski definition) is 3. The SMILES string of the molecule is O=C(c1ccco1)N1CCC(NC(=O)N2CCc3cc(Cl)ccc32)CC1. The van der Waals surface area contributed by atoms with Crippen molar-refractivity contribution in [1.29, 1.82) is 0 Å². The van der Waals surface area contributed by atoms with Crippen molar-refractivity contribution in [3.05, 3.63) is 52.9 Å². The average Bonchev–Trinajstić information content (AvgIpc) is 3.31. The fourth-order valence-electron chi connectivity index (χ4n) is 3.62. The van der Waals surface area contributed by atoms with Crippen LogP contribution in [0.3, 0.4) is 0 Å². The third-order valence-corrected chi connectivity index (χ3v) is 5.26. The van der Waals surface area contributed by atoms with Gasteiger partial charge in [0.15, 0.2) is 5.76 Å². The van der Waals surface area contributed by atoms with Gasteiger partial charge in [-0.1, -0.05) is 11.6 Å². The third-order valence-electron chi connectivity index (χ3n) is 5.02. The number of furan rings is 1. The summed E-state index contributed by atoms with van der Waals surface area (Å²) in [5.74, 6) is 0.268. The highest BCUT2D eigenvalue weighted by Crippen LogP contribution is 2.30. The minimum absolute atomic E-state index is 0.0690. The Bertz CT molecular complexity index is 813. The Balaban J connectivity index is 1.32. The van der Waals surface area contributed by atoms with Gasteiger partial charge in [0, 0.05) is 36.4 Å². The molecule has 1 saturated heterocycles. The number of nitrogens with one attached hydrogen (secondary N) is 1. The van der Waals surface area contributed by atoms with Crippen molar-refractivity contribution in [2.75, 3.05) is 24.5 Å². The molecule has 136 valence electrons. The first-order valence-electron chi connectivity index (χ1n) is 8.81. The van der Waals surface area contributed by atoms with Crippen LogP contribution in [-0.2, 0) is 6.42 Å². The topological polar surface area (TPSA) is 65.8 Å². The van der Waals surface area contributed by atoms with Gasteiger partial charge in [-0.2, -0.15) is 0 Å². The summed E-state index contributed by atoms with van der Waals surface area (Å²) in [6.07, 6.45) is 3.79. The van der Waals surface area contributed by atoms with Gasteiger partial charge >= 0.3 is 6.03 Å². The maximum atomic E-state index is 12.6. The van der Waals surface area contributed by atoms with E-state index in [-0.39, 0.29) is 18.0 Å². The molecule has 3 heterocycles. The van der Waals surface area contributed by atoms with Gasteiger partial charge in [-0.05, 0) is 55.2 Å². The lowest BCUT2D eigenvalue weighted by molar-refractivity contribution is 0.0676. The van der Waals surface area contributed by atoms with E-state index >= 15 is 0 Å². The molecule has 0 radical (unpaired) electrons. The zero-order valence-electron chi connectivity index (χ0n) is 14.3. The van der Waals surface area contributed by atoms with Crippen molar-refractivity contribution in [3.8, 4) is 0 Å². The quantitative estimate of drug-likeness (QED) is 0.878. The molecule has 2 aliphatic rings. The standard InChI is InChI=1S/C19H20ClN3O3/c20-14-3-4-16-13(12-14)5-10-23(16)19(25)21-15-6-8-22(9-7-15)18(24)17-2-1-11-26-17/h1-4,11-12,15H,5-10H2,(H,21,25). The monoisotopic (exact) mass is 373 g/mol. The maximum absolute atomic E-state index is 12.6. The molecule has 0 saturated carbocycles. The van der Waals surface area contributed by atoms with Crippen LogP contribution in [0.1, 0.15) is 29.0 Å². The number of benzene rings is 1. The van der Waals surface area contributed by atoms with Crippen molar-refractivity contribution in [3.63, 3.8) is 0 Å². The summed E-state index contributed by atoms with van der Waals surface area (Å²) in [4.78, 5) is 28.5. The number of amides is 3. The molecule has 0 spiro atoms. The number of carbonyl (C=O) groups excluding carboxylic acids is 2. The lowest BCUT2D eigenvalue weighted by Gasteiger charge is -2.32. The van der Waals surface area contributed by atoms with E-state index in [9.17, 15) is 9.59 Å². The highest BCUT2D eigenvalue weighted by molar-refractivity contribution is 6.30. The Morgan fingerprint density at radius 3 is 2.69 bits per heavy atom. The lowest BCUT2D eigenvalue weighted by atomic mass is 10.0. The van der Waals surface area contributed by atoms with E-state index in [1.54, 1.807) is 21.9 Å². The largest absolute Gasteiger partial charge is 0.459 e. The van der Waals surface area contributed by atoms with Gasteiger partial charge in [-0.25, -0.2) is 4.79 Å². The van der Waals surface area contributed by atoms with Crippen LogP contribution in [0.2, 0.25) is 5.02 Å².